The van der Waals surface area contributed by atoms with Crippen LogP contribution in [0.15, 0.2) is 24.3 Å². The van der Waals surface area contributed by atoms with Crippen LogP contribution in [0.5, 0.6) is 0 Å². The van der Waals surface area contributed by atoms with E-state index in [4.69, 9.17) is 16.7 Å². The van der Waals surface area contributed by atoms with Crippen LogP contribution < -0.4 is 0 Å². The molecule has 5 heteroatoms. The van der Waals surface area contributed by atoms with Gasteiger partial charge in [0.1, 0.15) is 5.15 Å². The number of benzene rings is 1. The number of aryl methyl sites for hydroxylation is 2. The lowest BCUT2D eigenvalue weighted by atomic mass is 9.98. The molecule has 4 nitrogen and oxygen atoms in total. The van der Waals surface area contributed by atoms with Crippen molar-refractivity contribution in [1.29, 1.82) is 0 Å². The van der Waals surface area contributed by atoms with Crippen LogP contribution in [0.25, 0.3) is 0 Å². The molecule has 0 aliphatic carbocycles. The maximum absolute atomic E-state index is 9.13. The molecule has 1 aliphatic heterocycles. The van der Waals surface area contributed by atoms with E-state index in [-0.39, 0.29) is 6.61 Å². The molecule has 1 fully saturated rings. The highest BCUT2D eigenvalue weighted by atomic mass is 35.5. The van der Waals surface area contributed by atoms with Crippen LogP contribution in [0.3, 0.4) is 0 Å². The van der Waals surface area contributed by atoms with E-state index in [9.17, 15) is 0 Å². The molecule has 130 valence electrons. The summed E-state index contributed by atoms with van der Waals surface area (Å²) in [7, 11) is 1.91. The number of aromatic nitrogens is 2. The fraction of sp³-hybridized carbons (Fsp3) is 0.526. The van der Waals surface area contributed by atoms with Crippen LogP contribution in [0, 0.1) is 5.92 Å². The molecule has 0 spiro atoms. The van der Waals surface area contributed by atoms with Gasteiger partial charge in [-0.25, -0.2) is 0 Å². The van der Waals surface area contributed by atoms with Crippen molar-refractivity contribution in [3.05, 3.63) is 51.8 Å². The molecule has 1 atom stereocenters. The molecule has 0 saturated carbocycles. The second-order valence-electron chi connectivity index (χ2n) is 6.76. The van der Waals surface area contributed by atoms with Crippen LogP contribution in [0.1, 0.15) is 35.7 Å². The summed E-state index contributed by atoms with van der Waals surface area (Å²) < 4.78 is 1.78. The maximum atomic E-state index is 9.13. The van der Waals surface area contributed by atoms with Gasteiger partial charge in [0.2, 0.25) is 0 Å². The number of nitrogens with zero attached hydrogens (tertiary/aromatic N) is 3. The highest BCUT2D eigenvalue weighted by Crippen LogP contribution is 2.26. The summed E-state index contributed by atoms with van der Waals surface area (Å²) in [5.41, 5.74) is 4.64. The lowest BCUT2D eigenvalue weighted by Crippen LogP contribution is -2.21. The number of rotatable bonds is 6. The Morgan fingerprint density at radius 2 is 1.96 bits per heavy atom. The number of aliphatic hydroxyl groups is 1. The topological polar surface area (TPSA) is 41.3 Å². The number of hydrogen-bond acceptors (Lipinski definition) is 3. The molecule has 0 unspecified atom stereocenters. The standard InChI is InChI=1S/C19H26ClN3O/c1-3-18-17(19(20)22(2)21-18)12-23-9-8-16(11-23)10-14-4-6-15(13-24)7-5-14/h4-7,16,24H,3,8-13H2,1-2H3/t16-/m1/s1. The Hall–Kier alpha value is -1.36. The van der Waals surface area contributed by atoms with E-state index in [0.717, 1.165) is 48.9 Å². The van der Waals surface area contributed by atoms with Gasteiger partial charge in [0, 0.05) is 25.7 Å². The lowest BCUT2D eigenvalue weighted by molar-refractivity contribution is 0.282. The predicted molar refractivity (Wildman–Crippen MR) is 97.0 cm³/mol. The summed E-state index contributed by atoms with van der Waals surface area (Å²) in [5.74, 6) is 0.686. The SMILES string of the molecule is CCc1nn(C)c(Cl)c1CN1CC[C@H](Cc2ccc(CO)cc2)C1. The van der Waals surface area contributed by atoms with Crippen molar-refractivity contribution >= 4 is 11.6 Å². The molecule has 1 aliphatic rings. The Labute approximate surface area is 149 Å². The average molecular weight is 348 g/mol. The van der Waals surface area contributed by atoms with E-state index in [1.54, 1.807) is 4.68 Å². The normalized spacial score (nSPS) is 18.4. The van der Waals surface area contributed by atoms with E-state index in [2.05, 4.69) is 29.1 Å². The summed E-state index contributed by atoms with van der Waals surface area (Å²) >= 11 is 6.42. The van der Waals surface area contributed by atoms with Crippen LogP contribution in [-0.2, 0) is 33.0 Å². The largest absolute Gasteiger partial charge is 0.392 e. The minimum Gasteiger partial charge on any atom is -0.392 e. The fourth-order valence-corrected chi connectivity index (χ4v) is 3.81. The summed E-state index contributed by atoms with van der Waals surface area (Å²) in [6.07, 6.45) is 3.25. The van der Waals surface area contributed by atoms with E-state index in [1.807, 2.05) is 19.2 Å². The van der Waals surface area contributed by atoms with Crippen molar-refractivity contribution in [1.82, 2.24) is 14.7 Å². The van der Waals surface area contributed by atoms with Gasteiger partial charge < -0.3 is 5.11 Å². The van der Waals surface area contributed by atoms with Crippen molar-refractivity contribution in [2.24, 2.45) is 13.0 Å². The number of likely N-dealkylation sites (tertiary alicyclic amines) is 1. The fourth-order valence-electron chi connectivity index (χ4n) is 3.60. The van der Waals surface area contributed by atoms with Gasteiger partial charge in [-0.15, -0.1) is 0 Å². The Kier molecular flexibility index (Phi) is 5.59. The Morgan fingerprint density at radius 3 is 2.62 bits per heavy atom. The van der Waals surface area contributed by atoms with Crippen molar-refractivity contribution in [2.75, 3.05) is 13.1 Å². The van der Waals surface area contributed by atoms with E-state index >= 15 is 0 Å². The highest BCUT2D eigenvalue weighted by Gasteiger charge is 2.25. The zero-order valence-electron chi connectivity index (χ0n) is 14.5. The number of halogens is 1. The molecule has 1 aromatic carbocycles. The first-order chi connectivity index (χ1) is 11.6. The zero-order chi connectivity index (χ0) is 17.1. The average Bonchev–Trinajstić information content (AvgIpc) is 3.15. The smallest absolute Gasteiger partial charge is 0.131 e. The Morgan fingerprint density at radius 1 is 1.25 bits per heavy atom. The minimum atomic E-state index is 0.114. The third-order valence-electron chi connectivity index (χ3n) is 4.97. The van der Waals surface area contributed by atoms with Crippen molar-refractivity contribution < 1.29 is 5.11 Å². The molecule has 0 radical (unpaired) electrons. The van der Waals surface area contributed by atoms with Crippen LogP contribution in [0.2, 0.25) is 5.15 Å². The molecule has 3 rings (SSSR count). The Bertz CT molecular complexity index is 681. The highest BCUT2D eigenvalue weighted by molar-refractivity contribution is 6.30. The van der Waals surface area contributed by atoms with Gasteiger partial charge in [0.25, 0.3) is 0 Å². The molecule has 24 heavy (non-hydrogen) atoms. The second kappa shape index (κ2) is 7.68. The number of aliphatic hydroxyl groups excluding tert-OH is 1. The van der Waals surface area contributed by atoms with E-state index in [1.165, 1.54) is 17.5 Å². The molecule has 0 amide bonds. The summed E-state index contributed by atoms with van der Waals surface area (Å²) in [5, 5.41) is 14.4. The predicted octanol–water partition coefficient (Wildman–Crippen LogP) is 3.19. The van der Waals surface area contributed by atoms with Gasteiger partial charge in [-0.3, -0.25) is 9.58 Å². The monoisotopic (exact) mass is 347 g/mol. The first-order valence-corrected chi connectivity index (χ1v) is 9.09. The first kappa shape index (κ1) is 17.5. The van der Waals surface area contributed by atoms with Crippen LogP contribution in [0.4, 0.5) is 0 Å². The van der Waals surface area contributed by atoms with Crippen molar-refractivity contribution in [3.63, 3.8) is 0 Å². The van der Waals surface area contributed by atoms with Gasteiger partial charge in [-0.05, 0) is 42.9 Å². The van der Waals surface area contributed by atoms with Gasteiger partial charge in [0.05, 0.1) is 12.3 Å². The van der Waals surface area contributed by atoms with Crippen LogP contribution in [-0.4, -0.2) is 32.9 Å². The zero-order valence-corrected chi connectivity index (χ0v) is 15.3. The van der Waals surface area contributed by atoms with Gasteiger partial charge in [0.15, 0.2) is 0 Å². The lowest BCUT2D eigenvalue weighted by Gasteiger charge is -2.16. The minimum absolute atomic E-state index is 0.114. The van der Waals surface area contributed by atoms with Crippen molar-refractivity contribution in [2.45, 2.75) is 39.3 Å². The second-order valence-corrected chi connectivity index (χ2v) is 7.12. The molecular formula is C19H26ClN3O. The summed E-state index contributed by atoms with van der Waals surface area (Å²) in [6.45, 7) is 5.37. The maximum Gasteiger partial charge on any atom is 0.131 e. The molecule has 2 aromatic rings. The summed E-state index contributed by atoms with van der Waals surface area (Å²) in [6, 6.07) is 8.32. The van der Waals surface area contributed by atoms with Gasteiger partial charge >= 0.3 is 0 Å². The van der Waals surface area contributed by atoms with Crippen molar-refractivity contribution in [3.8, 4) is 0 Å². The third-order valence-corrected chi connectivity index (χ3v) is 5.44. The number of hydrogen-bond donors (Lipinski definition) is 1. The molecule has 2 heterocycles. The molecule has 1 saturated heterocycles. The molecule has 1 aromatic heterocycles. The van der Waals surface area contributed by atoms with Gasteiger partial charge in [-0.2, -0.15) is 5.10 Å². The van der Waals surface area contributed by atoms with E-state index < -0.39 is 0 Å². The quantitative estimate of drug-likeness (QED) is 0.872. The molecule has 1 N–H and O–H groups in total. The van der Waals surface area contributed by atoms with Crippen LogP contribution >= 0.6 is 11.6 Å². The first-order valence-electron chi connectivity index (χ1n) is 8.72. The molecular weight excluding hydrogens is 322 g/mol. The third kappa shape index (κ3) is 3.82. The Balaban J connectivity index is 1.59. The van der Waals surface area contributed by atoms with E-state index in [0.29, 0.717) is 5.92 Å². The van der Waals surface area contributed by atoms with Gasteiger partial charge in [-0.1, -0.05) is 42.8 Å². The summed E-state index contributed by atoms with van der Waals surface area (Å²) in [4.78, 5) is 2.49. The molecule has 0 bridgehead atoms.